The topological polar surface area (TPSA) is 38.3 Å². The number of hydrogen-bond donors (Lipinski definition) is 1. The standard InChI is InChI=1S/C16H10ClF4NO2.C2H6/c1-24-13-5-3-9(17)7-11(13)15(18)10-4-2-8(16(19,20)21)6-12(10)22-14(15)23;1-2/h2-7H,1H3,(H,22,23);1-2H3. The van der Waals surface area contributed by atoms with Gasteiger partial charge in [0.2, 0.25) is 5.67 Å². The van der Waals surface area contributed by atoms with E-state index in [9.17, 15) is 18.0 Å². The lowest BCUT2D eigenvalue weighted by molar-refractivity contribution is -0.137. The number of methoxy groups -OCH3 is 1. The lowest BCUT2D eigenvalue weighted by atomic mass is 9.88. The molecule has 1 N–H and O–H groups in total. The summed E-state index contributed by atoms with van der Waals surface area (Å²) in [6.07, 6.45) is -4.60. The second-order valence-corrected chi connectivity index (χ2v) is 5.65. The van der Waals surface area contributed by atoms with Gasteiger partial charge in [-0.05, 0) is 30.3 Å². The minimum atomic E-state index is -4.60. The van der Waals surface area contributed by atoms with Gasteiger partial charge in [-0.2, -0.15) is 13.2 Å². The molecule has 0 aliphatic carbocycles. The van der Waals surface area contributed by atoms with E-state index in [4.69, 9.17) is 16.3 Å². The largest absolute Gasteiger partial charge is 0.496 e. The zero-order chi connectivity index (χ0) is 19.7. The molecule has 1 heterocycles. The van der Waals surface area contributed by atoms with Gasteiger partial charge in [0.05, 0.1) is 12.7 Å². The van der Waals surface area contributed by atoms with Crippen LogP contribution in [-0.4, -0.2) is 13.0 Å². The van der Waals surface area contributed by atoms with Crippen molar-refractivity contribution in [3.8, 4) is 5.75 Å². The molecule has 2 aromatic rings. The number of halogens is 5. The normalized spacial score (nSPS) is 18.5. The van der Waals surface area contributed by atoms with Gasteiger partial charge in [-0.3, -0.25) is 4.79 Å². The van der Waals surface area contributed by atoms with Crippen molar-refractivity contribution in [3.05, 3.63) is 58.1 Å². The summed E-state index contributed by atoms with van der Waals surface area (Å²) in [5.74, 6) is -1.04. The van der Waals surface area contributed by atoms with Gasteiger partial charge in [0, 0.05) is 21.8 Å². The Morgan fingerprint density at radius 2 is 1.73 bits per heavy atom. The van der Waals surface area contributed by atoms with Gasteiger partial charge in [0.1, 0.15) is 5.75 Å². The Kier molecular flexibility index (Phi) is 5.51. The fourth-order valence-electron chi connectivity index (χ4n) is 2.67. The number of hydrogen-bond acceptors (Lipinski definition) is 2. The van der Waals surface area contributed by atoms with E-state index >= 15 is 4.39 Å². The van der Waals surface area contributed by atoms with Gasteiger partial charge < -0.3 is 10.1 Å². The predicted octanol–water partition coefficient (Wildman–Crippen LogP) is 5.56. The molecule has 1 aliphatic rings. The molecule has 0 spiro atoms. The first-order valence-corrected chi connectivity index (χ1v) is 8.12. The van der Waals surface area contributed by atoms with E-state index in [1.165, 1.54) is 25.3 Å². The van der Waals surface area contributed by atoms with Gasteiger partial charge in [-0.15, -0.1) is 0 Å². The molecule has 0 bridgehead atoms. The van der Waals surface area contributed by atoms with E-state index in [1.54, 1.807) is 0 Å². The maximum atomic E-state index is 15.7. The number of fused-ring (bicyclic) bond motifs is 1. The van der Waals surface area contributed by atoms with Crippen LogP contribution < -0.4 is 10.1 Å². The Bertz CT molecular complexity index is 838. The average Bonchev–Trinajstić information content (AvgIpc) is 2.87. The molecule has 1 atom stereocenters. The molecule has 1 aliphatic heterocycles. The van der Waals surface area contributed by atoms with Crippen LogP contribution in [0.1, 0.15) is 30.5 Å². The number of anilines is 1. The molecule has 3 rings (SSSR count). The Morgan fingerprint density at radius 3 is 2.31 bits per heavy atom. The molecule has 0 fully saturated rings. The second kappa shape index (κ2) is 7.15. The van der Waals surface area contributed by atoms with Crippen molar-refractivity contribution in [1.29, 1.82) is 0 Å². The number of benzene rings is 2. The van der Waals surface area contributed by atoms with E-state index in [1.807, 2.05) is 13.8 Å². The SMILES string of the molecule is CC.COc1ccc(Cl)cc1C1(F)C(=O)Nc2cc(C(F)(F)F)ccc21. The smallest absolute Gasteiger partial charge is 0.416 e. The van der Waals surface area contributed by atoms with E-state index in [0.717, 1.165) is 12.1 Å². The van der Waals surface area contributed by atoms with Crippen LogP contribution in [0.15, 0.2) is 36.4 Å². The number of nitrogens with one attached hydrogen (secondary N) is 1. The number of carbonyl (C=O) groups is 1. The zero-order valence-corrected chi connectivity index (χ0v) is 14.9. The highest BCUT2D eigenvalue weighted by atomic mass is 35.5. The van der Waals surface area contributed by atoms with Crippen LogP contribution in [0.4, 0.5) is 23.2 Å². The summed E-state index contributed by atoms with van der Waals surface area (Å²) in [6, 6.07) is 6.42. The monoisotopic (exact) mass is 389 g/mol. The summed E-state index contributed by atoms with van der Waals surface area (Å²) in [7, 11) is 1.29. The van der Waals surface area contributed by atoms with E-state index in [0.29, 0.717) is 6.07 Å². The first kappa shape index (κ1) is 20.0. The van der Waals surface area contributed by atoms with Crippen LogP contribution in [0.25, 0.3) is 0 Å². The Hall–Kier alpha value is -2.28. The van der Waals surface area contributed by atoms with Crippen molar-refractivity contribution in [3.63, 3.8) is 0 Å². The molecular weight excluding hydrogens is 374 g/mol. The lowest BCUT2D eigenvalue weighted by Gasteiger charge is -2.21. The third kappa shape index (κ3) is 3.23. The minimum absolute atomic E-state index is 0.0600. The van der Waals surface area contributed by atoms with Gasteiger partial charge in [0.25, 0.3) is 5.91 Å². The molecule has 0 saturated carbocycles. The third-order valence-corrected chi connectivity index (χ3v) is 4.05. The van der Waals surface area contributed by atoms with Crippen LogP contribution in [0.5, 0.6) is 5.75 Å². The van der Waals surface area contributed by atoms with Crippen LogP contribution in [0, 0.1) is 0 Å². The number of ether oxygens (including phenoxy) is 1. The number of alkyl halides is 4. The molecule has 1 unspecified atom stereocenters. The highest BCUT2D eigenvalue weighted by molar-refractivity contribution is 6.30. The molecule has 8 heteroatoms. The molecule has 0 radical (unpaired) electrons. The highest BCUT2D eigenvalue weighted by Gasteiger charge is 2.51. The fourth-order valence-corrected chi connectivity index (χ4v) is 2.84. The Labute approximate surface area is 152 Å². The first-order chi connectivity index (χ1) is 12.2. The minimum Gasteiger partial charge on any atom is -0.496 e. The van der Waals surface area contributed by atoms with Crippen molar-refractivity contribution in [1.82, 2.24) is 0 Å². The maximum absolute atomic E-state index is 15.7. The summed E-state index contributed by atoms with van der Waals surface area (Å²) in [5, 5.41) is 2.32. The fraction of sp³-hybridized carbons (Fsp3) is 0.278. The summed E-state index contributed by atoms with van der Waals surface area (Å²) in [4.78, 5) is 12.2. The summed E-state index contributed by atoms with van der Waals surface area (Å²) < 4.78 is 59.1. The molecule has 3 nitrogen and oxygen atoms in total. The van der Waals surface area contributed by atoms with Gasteiger partial charge >= 0.3 is 6.18 Å². The maximum Gasteiger partial charge on any atom is 0.416 e. The highest BCUT2D eigenvalue weighted by Crippen LogP contribution is 2.48. The molecule has 0 aromatic heterocycles. The lowest BCUT2D eigenvalue weighted by Crippen LogP contribution is -2.31. The molecule has 26 heavy (non-hydrogen) atoms. The summed E-state index contributed by atoms with van der Waals surface area (Å²) in [5.41, 5.74) is -4.31. The van der Waals surface area contributed by atoms with Crippen molar-refractivity contribution in [2.75, 3.05) is 12.4 Å². The van der Waals surface area contributed by atoms with Gasteiger partial charge in [-0.1, -0.05) is 31.5 Å². The Balaban J connectivity index is 0.00000117. The average molecular weight is 390 g/mol. The molecule has 140 valence electrons. The van der Waals surface area contributed by atoms with E-state index < -0.39 is 23.3 Å². The van der Waals surface area contributed by atoms with Crippen LogP contribution in [0.2, 0.25) is 5.02 Å². The van der Waals surface area contributed by atoms with E-state index in [2.05, 4.69) is 5.32 Å². The number of rotatable bonds is 2. The predicted molar refractivity (Wildman–Crippen MR) is 91.3 cm³/mol. The van der Waals surface area contributed by atoms with Crippen LogP contribution in [0.3, 0.4) is 0 Å². The number of carbonyl (C=O) groups excluding carboxylic acids is 1. The quantitative estimate of drug-likeness (QED) is 0.683. The number of amides is 1. The van der Waals surface area contributed by atoms with Gasteiger partial charge in [-0.25, -0.2) is 4.39 Å². The van der Waals surface area contributed by atoms with E-state index in [-0.39, 0.29) is 27.6 Å². The Morgan fingerprint density at radius 1 is 1.08 bits per heavy atom. The first-order valence-electron chi connectivity index (χ1n) is 7.74. The molecular formula is C18H16ClF4NO2. The molecule has 2 aromatic carbocycles. The summed E-state index contributed by atoms with van der Waals surface area (Å²) >= 11 is 5.87. The zero-order valence-electron chi connectivity index (χ0n) is 14.2. The summed E-state index contributed by atoms with van der Waals surface area (Å²) in [6.45, 7) is 4.00. The molecule has 0 saturated heterocycles. The van der Waals surface area contributed by atoms with Gasteiger partial charge in [0.15, 0.2) is 0 Å². The third-order valence-electron chi connectivity index (χ3n) is 3.81. The van der Waals surface area contributed by atoms with Crippen molar-refractivity contribution in [2.24, 2.45) is 0 Å². The van der Waals surface area contributed by atoms with Crippen molar-refractivity contribution in [2.45, 2.75) is 25.7 Å². The van der Waals surface area contributed by atoms with Crippen molar-refractivity contribution >= 4 is 23.2 Å². The van der Waals surface area contributed by atoms with Crippen molar-refractivity contribution < 1.29 is 27.1 Å². The molecule has 1 amide bonds. The second-order valence-electron chi connectivity index (χ2n) is 5.22. The van der Waals surface area contributed by atoms with Crippen LogP contribution >= 0.6 is 11.6 Å². The van der Waals surface area contributed by atoms with Crippen LogP contribution in [-0.2, 0) is 16.6 Å².